The van der Waals surface area contributed by atoms with Crippen LogP contribution in [0, 0.1) is 13.8 Å². The fourth-order valence-electron chi connectivity index (χ4n) is 1.48. The van der Waals surface area contributed by atoms with Crippen LogP contribution in [0.25, 0.3) is 0 Å². The molecule has 1 aromatic carbocycles. The highest BCUT2D eigenvalue weighted by atomic mass is 79.9. The molecule has 88 valence electrons. The van der Waals surface area contributed by atoms with Crippen LogP contribution < -0.4 is 5.32 Å². The third-order valence-corrected chi connectivity index (χ3v) is 2.63. The molecule has 1 aromatic heterocycles. The van der Waals surface area contributed by atoms with Crippen molar-refractivity contribution in [2.45, 2.75) is 13.8 Å². The zero-order valence-corrected chi connectivity index (χ0v) is 11.0. The van der Waals surface area contributed by atoms with E-state index in [-0.39, 0.29) is 5.91 Å². The van der Waals surface area contributed by atoms with Gasteiger partial charge in [-0.25, -0.2) is 0 Å². The van der Waals surface area contributed by atoms with Crippen LogP contribution in [-0.4, -0.2) is 11.1 Å². The number of rotatable bonds is 2. The van der Waals surface area contributed by atoms with Gasteiger partial charge in [-0.1, -0.05) is 21.1 Å². The Bertz CT molecular complexity index is 543. The maximum absolute atomic E-state index is 11.9. The minimum Gasteiger partial charge on any atom is -0.360 e. The standard InChI is InChI=1S/C12H11BrN2O2/c1-7-3-9(6-10(13)4-7)12(16)14-11-5-8(2)17-15-11/h3-6H,1-2H3,(H,14,15,16). The number of anilines is 1. The molecule has 0 aliphatic rings. The number of carbonyl (C=O) groups is 1. The van der Waals surface area contributed by atoms with E-state index in [9.17, 15) is 4.79 Å². The van der Waals surface area contributed by atoms with E-state index in [0.29, 0.717) is 17.1 Å². The van der Waals surface area contributed by atoms with Gasteiger partial charge in [0.1, 0.15) is 5.76 Å². The van der Waals surface area contributed by atoms with Crippen molar-refractivity contribution in [3.63, 3.8) is 0 Å². The molecule has 0 fully saturated rings. The molecule has 0 unspecified atom stereocenters. The summed E-state index contributed by atoms with van der Waals surface area (Å²) in [7, 11) is 0. The van der Waals surface area contributed by atoms with Crippen molar-refractivity contribution in [3.05, 3.63) is 45.6 Å². The summed E-state index contributed by atoms with van der Waals surface area (Å²) in [5.41, 5.74) is 1.60. The summed E-state index contributed by atoms with van der Waals surface area (Å²) in [6.45, 7) is 3.70. The zero-order valence-electron chi connectivity index (χ0n) is 9.45. The summed E-state index contributed by atoms with van der Waals surface area (Å²) in [6.07, 6.45) is 0. The predicted octanol–water partition coefficient (Wildman–Crippen LogP) is 3.31. The van der Waals surface area contributed by atoms with Crippen molar-refractivity contribution in [2.75, 3.05) is 5.32 Å². The Morgan fingerprint density at radius 3 is 2.65 bits per heavy atom. The fraction of sp³-hybridized carbons (Fsp3) is 0.167. The Morgan fingerprint density at radius 2 is 2.06 bits per heavy atom. The number of benzene rings is 1. The van der Waals surface area contributed by atoms with E-state index < -0.39 is 0 Å². The number of aryl methyl sites for hydroxylation is 2. The molecular weight excluding hydrogens is 284 g/mol. The van der Waals surface area contributed by atoms with Crippen LogP contribution in [0.3, 0.4) is 0 Å². The minimum absolute atomic E-state index is 0.206. The van der Waals surface area contributed by atoms with Crippen LogP contribution in [0.5, 0.6) is 0 Å². The van der Waals surface area contributed by atoms with Crippen molar-refractivity contribution in [1.29, 1.82) is 0 Å². The number of hydrogen-bond acceptors (Lipinski definition) is 3. The molecule has 0 radical (unpaired) electrons. The fourth-order valence-corrected chi connectivity index (χ4v) is 2.09. The predicted molar refractivity (Wildman–Crippen MR) is 68.1 cm³/mol. The molecule has 0 bridgehead atoms. The number of hydrogen-bond donors (Lipinski definition) is 1. The van der Waals surface area contributed by atoms with Crippen LogP contribution in [0.4, 0.5) is 5.82 Å². The van der Waals surface area contributed by atoms with Crippen LogP contribution in [-0.2, 0) is 0 Å². The molecule has 4 nitrogen and oxygen atoms in total. The van der Waals surface area contributed by atoms with Crippen molar-refractivity contribution in [1.82, 2.24) is 5.16 Å². The molecule has 0 saturated carbocycles. The maximum Gasteiger partial charge on any atom is 0.256 e. The first kappa shape index (κ1) is 11.9. The molecule has 1 N–H and O–H groups in total. The van der Waals surface area contributed by atoms with E-state index in [4.69, 9.17) is 4.52 Å². The lowest BCUT2D eigenvalue weighted by Crippen LogP contribution is -2.12. The second kappa shape index (κ2) is 4.71. The lowest BCUT2D eigenvalue weighted by molar-refractivity contribution is 0.102. The molecule has 17 heavy (non-hydrogen) atoms. The molecule has 5 heteroatoms. The molecular formula is C12H11BrN2O2. The molecule has 2 aromatic rings. The summed E-state index contributed by atoms with van der Waals surface area (Å²) in [4.78, 5) is 11.9. The molecule has 0 aliphatic carbocycles. The van der Waals surface area contributed by atoms with Crippen molar-refractivity contribution in [2.24, 2.45) is 0 Å². The largest absolute Gasteiger partial charge is 0.360 e. The Morgan fingerprint density at radius 1 is 1.29 bits per heavy atom. The van der Waals surface area contributed by atoms with Crippen molar-refractivity contribution < 1.29 is 9.32 Å². The lowest BCUT2D eigenvalue weighted by Gasteiger charge is -2.03. The summed E-state index contributed by atoms with van der Waals surface area (Å²) in [6, 6.07) is 7.18. The van der Waals surface area contributed by atoms with Gasteiger partial charge in [0.05, 0.1) is 0 Å². The molecule has 1 amide bonds. The first-order valence-electron chi connectivity index (χ1n) is 5.06. The lowest BCUT2D eigenvalue weighted by atomic mass is 10.1. The zero-order chi connectivity index (χ0) is 12.4. The van der Waals surface area contributed by atoms with Crippen LogP contribution in [0.1, 0.15) is 21.7 Å². The average Bonchev–Trinajstić information content (AvgIpc) is 2.62. The summed E-state index contributed by atoms with van der Waals surface area (Å²) in [5.74, 6) is 0.874. The minimum atomic E-state index is -0.206. The number of carbonyl (C=O) groups excluding carboxylic acids is 1. The molecule has 0 aliphatic heterocycles. The van der Waals surface area contributed by atoms with Crippen LogP contribution in [0.2, 0.25) is 0 Å². The van der Waals surface area contributed by atoms with E-state index in [1.165, 1.54) is 0 Å². The highest BCUT2D eigenvalue weighted by molar-refractivity contribution is 9.10. The van der Waals surface area contributed by atoms with Crippen molar-refractivity contribution >= 4 is 27.7 Å². The van der Waals surface area contributed by atoms with Gasteiger partial charge in [0.25, 0.3) is 5.91 Å². The van der Waals surface area contributed by atoms with Gasteiger partial charge in [0.15, 0.2) is 5.82 Å². The number of halogens is 1. The second-order valence-electron chi connectivity index (χ2n) is 3.79. The summed E-state index contributed by atoms with van der Waals surface area (Å²) in [5, 5.41) is 6.38. The van der Waals surface area contributed by atoms with Crippen molar-refractivity contribution in [3.8, 4) is 0 Å². The van der Waals surface area contributed by atoms with Crippen LogP contribution >= 0.6 is 15.9 Å². The first-order valence-corrected chi connectivity index (χ1v) is 5.86. The number of aromatic nitrogens is 1. The van der Waals surface area contributed by atoms with Gasteiger partial charge in [-0.05, 0) is 37.6 Å². The van der Waals surface area contributed by atoms with E-state index in [1.807, 2.05) is 19.1 Å². The maximum atomic E-state index is 11.9. The smallest absolute Gasteiger partial charge is 0.256 e. The first-order chi connectivity index (χ1) is 8.04. The topological polar surface area (TPSA) is 55.1 Å². The second-order valence-corrected chi connectivity index (χ2v) is 4.71. The molecule has 0 atom stereocenters. The van der Waals surface area contributed by atoms with Gasteiger partial charge in [0, 0.05) is 16.1 Å². The number of amides is 1. The SMILES string of the molecule is Cc1cc(Br)cc(C(=O)Nc2cc(C)on2)c1. The third-order valence-electron chi connectivity index (χ3n) is 2.17. The molecule has 1 heterocycles. The quantitative estimate of drug-likeness (QED) is 0.924. The van der Waals surface area contributed by atoms with Gasteiger partial charge >= 0.3 is 0 Å². The molecule has 0 saturated heterocycles. The van der Waals surface area contributed by atoms with Crippen LogP contribution in [0.15, 0.2) is 33.3 Å². The summed E-state index contributed by atoms with van der Waals surface area (Å²) < 4.78 is 5.75. The molecule has 0 spiro atoms. The van der Waals surface area contributed by atoms with Gasteiger partial charge in [0.2, 0.25) is 0 Å². The van der Waals surface area contributed by atoms with Gasteiger partial charge in [-0.3, -0.25) is 4.79 Å². The third kappa shape index (κ3) is 2.94. The van der Waals surface area contributed by atoms with Gasteiger partial charge < -0.3 is 9.84 Å². The normalized spacial score (nSPS) is 10.3. The monoisotopic (exact) mass is 294 g/mol. The highest BCUT2D eigenvalue weighted by Crippen LogP contribution is 2.16. The van der Waals surface area contributed by atoms with E-state index in [0.717, 1.165) is 10.0 Å². The number of nitrogens with zero attached hydrogens (tertiary/aromatic N) is 1. The van der Waals surface area contributed by atoms with Gasteiger partial charge in [-0.2, -0.15) is 0 Å². The Labute approximate surface area is 107 Å². The Balaban J connectivity index is 2.19. The summed E-state index contributed by atoms with van der Waals surface area (Å²) >= 11 is 3.36. The highest BCUT2D eigenvalue weighted by Gasteiger charge is 2.09. The average molecular weight is 295 g/mol. The van der Waals surface area contributed by atoms with E-state index in [1.54, 1.807) is 19.1 Å². The Kier molecular flexibility index (Phi) is 3.28. The Hall–Kier alpha value is -1.62. The number of nitrogens with one attached hydrogen (secondary N) is 1. The van der Waals surface area contributed by atoms with E-state index >= 15 is 0 Å². The van der Waals surface area contributed by atoms with E-state index in [2.05, 4.69) is 26.4 Å². The molecule has 2 rings (SSSR count). The van der Waals surface area contributed by atoms with Gasteiger partial charge in [-0.15, -0.1) is 0 Å².